The number of allylic oxidation sites excluding steroid dienone is 3. The fourth-order valence-electron chi connectivity index (χ4n) is 1.31. The molecule has 0 heterocycles. The quantitative estimate of drug-likeness (QED) is 0.400. The lowest BCUT2D eigenvalue weighted by atomic mass is 10.1. The molecule has 0 fully saturated rings. The Balaban J connectivity index is 3.28. The third-order valence-electron chi connectivity index (χ3n) is 2.17. The molecule has 0 radical (unpaired) electrons. The van der Waals surface area contributed by atoms with Gasteiger partial charge in [-0.1, -0.05) is 51.0 Å². The van der Waals surface area contributed by atoms with Gasteiger partial charge in [-0.05, 0) is 12.8 Å². The molecule has 1 heteroatoms. The van der Waals surface area contributed by atoms with Crippen LogP contribution in [0.15, 0.2) is 24.8 Å². The molecule has 0 aromatic rings. The number of ketones is 1. The average molecular weight is 194 g/mol. The van der Waals surface area contributed by atoms with Gasteiger partial charge < -0.3 is 0 Å². The Morgan fingerprint density at radius 2 is 2.00 bits per heavy atom. The van der Waals surface area contributed by atoms with Crippen LogP contribution in [-0.2, 0) is 4.79 Å². The molecule has 0 bridgehead atoms. The first kappa shape index (κ1) is 13.2. The number of hydrogen-bond acceptors (Lipinski definition) is 1. The standard InChI is InChI=1S/C13H22O/c1-3-5-7-9-11-13(14)12-10-8-6-4-2/h3,5,7H,1,4,6,8-12H2,2H3. The second-order valence-electron chi connectivity index (χ2n) is 3.55. The van der Waals surface area contributed by atoms with Gasteiger partial charge in [-0.3, -0.25) is 4.79 Å². The highest BCUT2D eigenvalue weighted by Gasteiger charge is 1.99. The van der Waals surface area contributed by atoms with Gasteiger partial charge in [-0.15, -0.1) is 0 Å². The summed E-state index contributed by atoms with van der Waals surface area (Å²) in [5.74, 6) is 0.398. The third-order valence-corrected chi connectivity index (χ3v) is 2.17. The molecule has 0 N–H and O–H groups in total. The van der Waals surface area contributed by atoms with Crippen LogP contribution in [0.5, 0.6) is 0 Å². The number of Topliss-reactive ketones (excluding diaryl/α,β-unsaturated/α-hetero) is 1. The Kier molecular flexibility index (Phi) is 9.61. The predicted octanol–water partition coefficient (Wildman–Crippen LogP) is 4.05. The summed E-state index contributed by atoms with van der Waals surface area (Å²) in [6, 6.07) is 0. The molecule has 0 rings (SSSR count). The number of carbonyl (C=O) groups is 1. The minimum Gasteiger partial charge on any atom is -0.300 e. The van der Waals surface area contributed by atoms with Gasteiger partial charge in [-0.25, -0.2) is 0 Å². The summed E-state index contributed by atoms with van der Waals surface area (Å²) in [4.78, 5) is 11.3. The first-order valence-corrected chi connectivity index (χ1v) is 5.60. The second kappa shape index (κ2) is 10.2. The molecule has 0 atom stereocenters. The van der Waals surface area contributed by atoms with Crippen LogP contribution in [-0.4, -0.2) is 5.78 Å². The maximum atomic E-state index is 11.3. The minimum atomic E-state index is 0.398. The number of unbranched alkanes of at least 4 members (excludes halogenated alkanes) is 3. The molecule has 0 aromatic heterocycles. The van der Waals surface area contributed by atoms with Crippen molar-refractivity contribution in [2.75, 3.05) is 0 Å². The first-order chi connectivity index (χ1) is 6.81. The molecule has 80 valence electrons. The van der Waals surface area contributed by atoms with Crippen molar-refractivity contribution in [3.63, 3.8) is 0 Å². The fourth-order valence-corrected chi connectivity index (χ4v) is 1.31. The smallest absolute Gasteiger partial charge is 0.133 e. The van der Waals surface area contributed by atoms with E-state index in [2.05, 4.69) is 13.5 Å². The lowest BCUT2D eigenvalue weighted by Crippen LogP contribution is -1.96. The molecular formula is C13H22O. The van der Waals surface area contributed by atoms with E-state index in [9.17, 15) is 4.79 Å². The van der Waals surface area contributed by atoms with Gasteiger partial charge in [-0.2, -0.15) is 0 Å². The first-order valence-electron chi connectivity index (χ1n) is 5.60. The zero-order chi connectivity index (χ0) is 10.6. The van der Waals surface area contributed by atoms with E-state index in [1.807, 2.05) is 12.2 Å². The van der Waals surface area contributed by atoms with Crippen molar-refractivity contribution in [2.24, 2.45) is 0 Å². The second-order valence-corrected chi connectivity index (χ2v) is 3.55. The summed E-state index contributed by atoms with van der Waals surface area (Å²) >= 11 is 0. The van der Waals surface area contributed by atoms with Crippen molar-refractivity contribution in [1.29, 1.82) is 0 Å². The SMILES string of the molecule is C=CC=CCCC(=O)CCCCCC. The van der Waals surface area contributed by atoms with Crippen LogP contribution in [0.25, 0.3) is 0 Å². The van der Waals surface area contributed by atoms with Gasteiger partial charge in [0.2, 0.25) is 0 Å². The van der Waals surface area contributed by atoms with E-state index in [4.69, 9.17) is 0 Å². The van der Waals surface area contributed by atoms with Crippen LogP contribution in [0, 0.1) is 0 Å². The Labute approximate surface area is 87.9 Å². The van der Waals surface area contributed by atoms with Crippen LogP contribution < -0.4 is 0 Å². The van der Waals surface area contributed by atoms with E-state index < -0.39 is 0 Å². The molecule has 0 aliphatic rings. The van der Waals surface area contributed by atoms with Crippen LogP contribution in [0.3, 0.4) is 0 Å². The normalized spacial score (nSPS) is 10.6. The van der Waals surface area contributed by atoms with Crippen LogP contribution >= 0.6 is 0 Å². The Bertz CT molecular complexity index is 180. The Morgan fingerprint density at radius 3 is 2.64 bits per heavy atom. The summed E-state index contributed by atoms with van der Waals surface area (Å²) < 4.78 is 0. The molecule has 0 saturated heterocycles. The minimum absolute atomic E-state index is 0.398. The Morgan fingerprint density at radius 1 is 1.21 bits per heavy atom. The maximum absolute atomic E-state index is 11.3. The van der Waals surface area contributed by atoms with Crippen molar-refractivity contribution < 1.29 is 4.79 Å². The molecule has 0 spiro atoms. The summed E-state index contributed by atoms with van der Waals surface area (Å²) in [7, 11) is 0. The third kappa shape index (κ3) is 9.24. The van der Waals surface area contributed by atoms with Gasteiger partial charge in [0.05, 0.1) is 0 Å². The molecule has 0 aliphatic heterocycles. The van der Waals surface area contributed by atoms with Crippen molar-refractivity contribution >= 4 is 5.78 Å². The molecular weight excluding hydrogens is 172 g/mol. The number of carbonyl (C=O) groups excluding carboxylic acids is 1. The lowest BCUT2D eigenvalue weighted by molar-refractivity contribution is -0.119. The highest BCUT2D eigenvalue weighted by Crippen LogP contribution is 2.05. The molecule has 0 amide bonds. The summed E-state index contributed by atoms with van der Waals surface area (Å²) in [5, 5.41) is 0. The highest BCUT2D eigenvalue weighted by atomic mass is 16.1. The van der Waals surface area contributed by atoms with E-state index >= 15 is 0 Å². The van der Waals surface area contributed by atoms with Crippen molar-refractivity contribution in [3.05, 3.63) is 24.8 Å². The highest BCUT2D eigenvalue weighted by molar-refractivity contribution is 5.78. The largest absolute Gasteiger partial charge is 0.300 e. The van der Waals surface area contributed by atoms with E-state index in [1.165, 1.54) is 19.3 Å². The van der Waals surface area contributed by atoms with Gasteiger partial charge in [0.25, 0.3) is 0 Å². The summed E-state index contributed by atoms with van der Waals surface area (Å²) in [6.45, 7) is 5.76. The summed E-state index contributed by atoms with van der Waals surface area (Å²) in [5.41, 5.74) is 0. The van der Waals surface area contributed by atoms with Crippen molar-refractivity contribution in [3.8, 4) is 0 Å². The fraction of sp³-hybridized carbons (Fsp3) is 0.615. The molecule has 0 aromatic carbocycles. The van der Waals surface area contributed by atoms with Crippen molar-refractivity contribution in [2.45, 2.75) is 51.9 Å². The molecule has 0 saturated carbocycles. The van der Waals surface area contributed by atoms with Gasteiger partial charge in [0.1, 0.15) is 5.78 Å². The zero-order valence-corrected chi connectivity index (χ0v) is 9.30. The van der Waals surface area contributed by atoms with E-state index in [0.717, 1.165) is 19.3 Å². The lowest BCUT2D eigenvalue weighted by Gasteiger charge is -1.98. The van der Waals surface area contributed by atoms with E-state index in [1.54, 1.807) is 6.08 Å². The molecule has 0 unspecified atom stereocenters. The predicted molar refractivity (Wildman–Crippen MR) is 62.3 cm³/mol. The van der Waals surface area contributed by atoms with E-state index in [-0.39, 0.29) is 0 Å². The average Bonchev–Trinajstić information content (AvgIpc) is 2.19. The van der Waals surface area contributed by atoms with Gasteiger partial charge in [0, 0.05) is 12.8 Å². The van der Waals surface area contributed by atoms with Gasteiger partial charge in [0.15, 0.2) is 0 Å². The monoisotopic (exact) mass is 194 g/mol. The van der Waals surface area contributed by atoms with Gasteiger partial charge >= 0.3 is 0 Å². The Hall–Kier alpha value is -0.850. The maximum Gasteiger partial charge on any atom is 0.133 e. The molecule has 0 aliphatic carbocycles. The molecule has 14 heavy (non-hydrogen) atoms. The topological polar surface area (TPSA) is 17.1 Å². The molecule has 1 nitrogen and oxygen atoms in total. The number of rotatable bonds is 9. The van der Waals surface area contributed by atoms with Crippen LogP contribution in [0.2, 0.25) is 0 Å². The van der Waals surface area contributed by atoms with Crippen LogP contribution in [0.4, 0.5) is 0 Å². The number of hydrogen-bond donors (Lipinski definition) is 0. The summed E-state index contributed by atoms with van der Waals surface area (Å²) in [6.07, 6.45) is 12.7. The zero-order valence-electron chi connectivity index (χ0n) is 9.30. The van der Waals surface area contributed by atoms with E-state index in [0.29, 0.717) is 12.2 Å². The van der Waals surface area contributed by atoms with Crippen molar-refractivity contribution in [1.82, 2.24) is 0 Å². The van der Waals surface area contributed by atoms with Crippen LogP contribution in [0.1, 0.15) is 51.9 Å².